The van der Waals surface area contributed by atoms with Gasteiger partial charge in [0.15, 0.2) is 0 Å². The van der Waals surface area contributed by atoms with E-state index in [1.165, 1.54) is 5.56 Å². The van der Waals surface area contributed by atoms with E-state index < -0.39 is 0 Å². The highest BCUT2D eigenvalue weighted by Gasteiger charge is 2.31. The lowest BCUT2D eigenvalue weighted by molar-refractivity contribution is -0.135. The molecule has 0 N–H and O–H groups in total. The number of piperidine rings is 1. The van der Waals surface area contributed by atoms with Gasteiger partial charge in [0.2, 0.25) is 11.8 Å². The molecule has 3 aromatic rings. The van der Waals surface area contributed by atoms with Gasteiger partial charge in [-0.2, -0.15) is 0 Å². The second-order valence-electron chi connectivity index (χ2n) is 8.75. The number of amides is 2. The maximum Gasteiger partial charge on any atom is 0.230 e. The first-order chi connectivity index (χ1) is 16.6. The zero-order chi connectivity index (χ0) is 23.8. The lowest BCUT2D eigenvalue weighted by Gasteiger charge is -2.34. The summed E-state index contributed by atoms with van der Waals surface area (Å²) in [6.07, 6.45) is 8.20. The molecule has 1 fully saturated rings. The number of rotatable bonds is 7. The summed E-state index contributed by atoms with van der Waals surface area (Å²) in [7, 11) is 0. The summed E-state index contributed by atoms with van der Waals surface area (Å²) in [6.45, 7) is 1.73. The third-order valence-electron chi connectivity index (χ3n) is 6.44. The number of terminal acetylenes is 1. The zero-order valence-electron chi connectivity index (χ0n) is 19.4. The van der Waals surface area contributed by atoms with E-state index in [9.17, 15) is 9.59 Å². The van der Waals surface area contributed by atoms with Gasteiger partial charge in [0, 0.05) is 36.7 Å². The first-order valence-electron chi connectivity index (χ1n) is 11.9. The fourth-order valence-corrected chi connectivity index (χ4v) is 4.48. The summed E-state index contributed by atoms with van der Waals surface area (Å²) in [6, 6.07) is 27.7. The van der Waals surface area contributed by atoms with Gasteiger partial charge < -0.3 is 9.80 Å². The molecule has 4 nitrogen and oxygen atoms in total. The molecule has 1 aliphatic heterocycles. The zero-order valence-corrected chi connectivity index (χ0v) is 19.4. The number of likely N-dealkylation sites (tertiary alicyclic amines) is 1. The molecule has 4 heteroatoms. The second-order valence-corrected chi connectivity index (χ2v) is 8.75. The molecule has 0 bridgehead atoms. The lowest BCUT2D eigenvalue weighted by atomic mass is 9.94. The Morgan fingerprint density at radius 3 is 2.18 bits per heavy atom. The van der Waals surface area contributed by atoms with Crippen molar-refractivity contribution in [2.45, 2.75) is 32.2 Å². The van der Waals surface area contributed by atoms with Crippen molar-refractivity contribution in [3.8, 4) is 12.3 Å². The normalized spacial score (nSPS) is 13.8. The number of nitrogens with zero attached hydrogens (tertiary/aromatic N) is 2. The Labute approximate surface area is 202 Å². The van der Waals surface area contributed by atoms with E-state index in [4.69, 9.17) is 6.42 Å². The van der Waals surface area contributed by atoms with Crippen LogP contribution in [0.25, 0.3) is 0 Å². The Bertz CT molecular complexity index is 1140. The third kappa shape index (κ3) is 5.94. The van der Waals surface area contributed by atoms with E-state index in [1.54, 1.807) is 0 Å². The minimum atomic E-state index is -0.114. The van der Waals surface area contributed by atoms with Crippen LogP contribution in [0.2, 0.25) is 0 Å². The van der Waals surface area contributed by atoms with Gasteiger partial charge in [-0.15, -0.1) is 6.42 Å². The maximum atomic E-state index is 13.7. The first kappa shape index (κ1) is 23.3. The highest BCUT2D eigenvalue weighted by molar-refractivity contribution is 5.95. The quantitative estimate of drug-likeness (QED) is 0.472. The van der Waals surface area contributed by atoms with Gasteiger partial charge in [-0.1, -0.05) is 72.7 Å². The molecule has 0 aliphatic carbocycles. The van der Waals surface area contributed by atoms with Crippen molar-refractivity contribution in [2.24, 2.45) is 5.92 Å². The second kappa shape index (κ2) is 11.3. The monoisotopic (exact) mass is 450 g/mol. The Morgan fingerprint density at radius 2 is 1.53 bits per heavy atom. The summed E-state index contributed by atoms with van der Waals surface area (Å²) in [4.78, 5) is 30.1. The highest BCUT2D eigenvalue weighted by atomic mass is 16.2. The van der Waals surface area contributed by atoms with Crippen molar-refractivity contribution in [1.29, 1.82) is 0 Å². The minimum absolute atomic E-state index is 0.0920. The molecule has 172 valence electrons. The molecule has 1 aliphatic rings. The van der Waals surface area contributed by atoms with Gasteiger partial charge in [-0.3, -0.25) is 9.59 Å². The molecule has 4 rings (SSSR count). The van der Waals surface area contributed by atoms with Crippen molar-refractivity contribution in [3.63, 3.8) is 0 Å². The van der Waals surface area contributed by atoms with Crippen LogP contribution in [-0.2, 0) is 22.6 Å². The molecule has 34 heavy (non-hydrogen) atoms. The standard InChI is InChI=1S/C30H30N2O2/c1-2-24-14-9-15-28(22-24)32(23-26-12-7-4-8-13-26)30(34)27-18-20-31(21-19-27)29(33)17-16-25-10-5-3-6-11-25/h1,3-15,22,27H,16-21,23H2. The fraction of sp³-hybridized carbons (Fsp3) is 0.267. The Balaban J connectivity index is 1.41. The summed E-state index contributed by atoms with van der Waals surface area (Å²) in [5.41, 5.74) is 3.80. The van der Waals surface area contributed by atoms with Crippen LogP contribution in [0.3, 0.4) is 0 Å². The number of benzene rings is 3. The topological polar surface area (TPSA) is 40.6 Å². The van der Waals surface area contributed by atoms with E-state index in [0.717, 1.165) is 23.2 Å². The van der Waals surface area contributed by atoms with E-state index in [2.05, 4.69) is 18.1 Å². The number of hydrogen-bond acceptors (Lipinski definition) is 2. The fourth-order valence-electron chi connectivity index (χ4n) is 4.48. The highest BCUT2D eigenvalue weighted by Crippen LogP contribution is 2.26. The Hall–Kier alpha value is -3.84. The van der Waals surface area contributed by atoms with E-state index in [1.807, 2.05) is 82.6 Å². The Kier molecular flexibility index (Phi) is 7.78. The molecular weight excluding hydrogens is 420 g/mol. The molecule has 0 aromatic heterocycles. The molecule has 0 radical (unpaired) electrons. The largest absolute Gasteiger partial charge is 0.343 e. The van der Waals surface area contributed by atoms with E-state index in [-0.39, 0.29) is 17.7 Å². The number of anilines is 1. The summed E-state index contributed by atoms with van der Waals surface area (Å²) < 4.78 is 0. The smallest absolute Gasteiger partial charge is 0.230 e. The van der Waals surface area contributed by atoms with Crippen molar-refractivity contribution < 1.29 is 9.59 Å². The SMILES string of the molecule is C#Cc1cccc(N(Cc2ccccc2)C(=O)C2CCN(C(=O)CCc3ccccc3)CC2)c1. The maximum absolute atomic E-state index is 13.7. The summed E-state index contributed by atoms with van der Waals surface area (Å²) in [5.74, 6) is 2.81. The summed E-state index contributed by atoms with van der Waals surface area (Å²) in [5, 5.41) is 0. The van der Waals surface area contributed by atoms with Gasteiger partial charge in [-0.05, 0) is 48.6 Å². The van der Waals surface area contributed by atoms with Crippen LogP contribution in [0, 0.1) is 18.3 Å². The summed E-state index contributed by atoms with van der Waals surface area (Å²) >= 11 is 0. The van der Waals surface area contributed by atoms with Crippen molar-refractivity contribution >= 4 is 17.5 Å². The van der Waals surface area contributed by atoms with Crippen LogP contribution in [0.15, 0.2) is 84.9 Å². The molecule has 1 heterocycles. The Morgan fingerprint density at radius 1 is 0.882 bits per heavy atom. The van der Waals surface area contributed by atoms with Crippen molar-refractivity contribution in [3.05, 3.63) is 102 Å². The van der Waals surface area contributed by atoms with Gasteiger partial charge >= 0.3 is 0 Å². The average Bonchev–Trinajstić information content (AvgIpc) is 2.91. The number of carbonyl (C=O) groups is 2. The van der Waals surface area contributed by atoms with Gasteiger partial charge in [0.1, 0.15) is 0 Å². The van der Waals surface area contributed by atoms with Gasteiger partial charge in [-0.25, -0.2) is 0 Å². The third-order valence-corrected chi connectivity index (χ3v) is 6.44. The lowest BCUT2D eigenvalue weighted by Crippen LogP contribution is -2.44. The van der Waals surface area contributed by atoms with E-state index in [0.29, 0.717) is 38.9 Å². The minimum Gasteiger partial charge on any atom is -0.343 e. The predicted molar refractivity (Wildman–Crippen MR) is 136 cm³/mol. The number of carbonyl (C=O) groups excluding carboxylic acids is 2. The van der Waals surface area contributed by atoms with Crippen LogP contribution in [-0.4, -0.2) is 29.8 Å². The van der Waals surface area contributed by atoms with Crippen LogP contribution in [0.4, 0.5) is 5.69 Å². The number of aryl methyl sites for hydroxylation is 1. The average molecular weight is 451 g/mol. The molecular formula is C30H30N2O2. The van der Waals surface area contributed by atoms with Crippen molar-refractivity contribution in [1.82, 2.24) is 4.90 Å². The molecule has 0 unspecified atom stereocenters. The molecule has 0 spiro atoms. The molecule has 3 aromatic carbocycles. The van der Waals surface area contributed by atoms with Gasteiger partial charge in [0.25, 0.3) is 0 Å². The number of hydrogen-bond donors (Lipinski definition) is 0. The van der Waals surface area contributed by atoms with Crippen LogP contribution in [0.1, 0.15) is 36.0 Å². The molecule has 0 atom stereocenters. The van der Waals surface area contributed by atoms with Crippen molar-refractivity contribution in [2.75, 3.05) is 18.0 Å². The first-order valence-corrected chi connectivity index (χ1v) is 11.9. The van der Waals surface area contributed by atoms with E-state index >= 15 is 0 Å². The predicted octanol–water partition coefficient (Wildman–Crippen LogP) is 5.07. The van der Waals surface area contributed by atoms with Gasteiger partial charge in [0.05, 0.1) is 6.54 Å². The van der Waals surface area contributed by atoms with Crippen LogP contribution in [0.5, 0.6) is 0 Å². The molecule has 2 amide bonds. The molecule has 0 saturated carbocycles. The van der Waals surface area contributed by atoms with Crippen LogP contribution >= 0.6 is 0 Å². The van der Waals surface area contributed by atoms with Crippen LogP contribution < -0.4 is 4.90 Å². The molecule has 1 saturated heterocycles.